The molecule has 0 aliphatic heterocycles. The van der Waals surface area contributed by atoms with Crippen LogP contribution < -0.4 is 5.32 Å². The van der Waals surface area contributed by atoms with Crippen LogP contribution in [0.4, 0.5) is 4.39 Å². The summed E-state index contributed by atoms with van der Waals surface area (Å²) in [5.41, 5.74) is 0.875. The van der Waals surface area contributed by atoms with E-state index in [-0.39, 0.29) is 24.7 Å². The molecule has 0 saturated carbocycles. The summed E-state index contributed by atoms with van der Waals surface area (Å²) >= 11 is 0. The Bertz CT molecular complexity index is 389. The maximum atomic E-state index is 12.6. The topological polar surface area (TPSA) is 55.4 Å². The van der Waals surface area contributed by atoms with Gasteiger partial charge in [-0.15, -0.1) is 0 Å². The molecule has 4 nitrogen and oxygen atoms in total. The summed E-state index contributed by atoms with van der Waals surface area (Å²) in [6, 6.07) is 5.95. The van der Waals surface area contributed by atoms with Gasteiger partial charge in [-0.2, -0.15) is 0 Å². The zero-order valence-corrected chi connectivity index (χ0v) is 9.53. The number of nitrogens with one attached hydrogen (secondary N) is 1. The fourth-order valence-corrected chi connectivity index (χ4v) is 1.24. The molecule has 0 unspecified atom stereocenters. The fourth-order valence-electron chi connectivity index (χ4n) is 1.24. The highest BCUT2D eigenvalue weighted by Crippen LogP contribution is 2.05. The van der Waals surface area contributed by atoms with E-state index in [1.54, 1.807) is 12.1 Å². The molecule has 5 heteroatoms. The third-order valence-corrected chi connectivity index (χ3v) is 2.21. The fraction of sp³-hybridized carbons (Fsp3) is 0.333. The predicted octanol–water partition coefficient (Wildman–Crippen LogP) is 1.05. The molecule has 0 bridgehead atoms. The summed E-state index contributed by atoms with van der Waals surface area (Å²) in [6.45, 7) is -0.126. The Morgan fingerprint density at radius 2 is 1.94 bits per heavy atom. The number of esters is 1. The molecule has 0 aromatic heterocycles. The number of methoxy groups -OCH3 is 1. The van der Waals surface area contributed by atoms with Crippen LogP contribution in [-0.4, -0.2) is 25.5 Å². The summed E-state index contributed by atoms with van der Waals surface area (Å²) < 4.78 is 17.0. The second-order valence-electron chi connectivity index (χ2n) is 3.48. The molecule has 0 radical (unpaired) electrons. The Hall–Kier alpha value is -1.91. The first kappa shape index (κ1) is 13.2. The third kappa shape index (κ3) is 5.10. The van der Waals surface area contributed by atoms with Crippen molar-refractivity contribution >= 4 is 11.9 Å². The molecule has 1 amide bonds. The van der Waals surface area contributed by atoms with Crippen LogP contribution in [-0.2, 0) is 20.7 Å². The molecule has 1 rings (SSSR count). The molecule has 1 aromatic rings. The van der Waals surface area contributed by atoms with E-state index in [0.29, 0.717) is 6.42 Å². The Morgan fingerprint density at radius 3 is 2.53 bits per heavy atom. The number of carbonyl (C=O) groups is 2. The number of ether oxygens (including phenoxy) is 1. The zero-order valence-electron chi connectivity index (χ0n) is 9.53. The van der Waals surface area contributed by atoms with Crippen LogP contribution in [0.25, 0.3) is 0 Å². The molecule has 0 saturated heterocycles. The van der Waals surface area contributed by atoms with Gasteiger partial charge in [-0.1, -0.05) is 12.1 Å². The lowest BCUT2D eigenvalue weighted by atomic mass is 10.1. The number of hydrogen-bond acceptors (Lipinski definition) is 3. The van der Waals surface area contributed by atoms with Gasteiger partial charge in [0.05, 0.1) is 7.11 Å². The second kappa shape index (κ2) is 6.62. The molecule has 0 spiro atoms. The lowest BCUT2D eigenvalue weighted by molar-refractivity contribution is -0.141. The summed E-state index contributed by atoms with van der Waals surface area (Å²) in [5, 5.41) is 2.43. The quantitative estimate of drug-likeness (QED) is 0.781. The van der Waals surface area contributed by atoms with Crippen molar-refractivity contribution in [2.75, 3.05) is 13.7 Å². The van der Waals surface area contributed by atoms with Gasteiger partial charge in [0.25, 0.3) is 0 Å². The van der Waals surface area contributed by atoms with Crippen LogP contribution in [0.2, 0.25) is 0 Å². The Morgan fingerprint density at radius 1 is 1.29 bits per heavy atom. The van der Waals surface area contributed by atoms with Crippen molar-refractivity contribution in [2.45, 2.75) is 12.8 Å². The van der Waals surface area contributed by atoms with E-state index in [1.165, 1.54) is 19.2 Å². The van der Waals surface area contributed by atoms with Crippen LogP contribution >= 0.6 is 0 Å². The standard InChI is InChI=1S/C12H14FNO3/c1-17-12(16)8-14-11(15)7-4-9-2-5-10(13)6-3-9/h2-3,5-6H,4,7-8H2,1H3,(H,14,15). The Labute approximate surface area is 98.8 Å². The van der Waals surface area contributed by atoms with Crippen molar-refractivity contribution < 1.29 is 18.7 Å². The van der Waals surface area contributed by atoms with Crippen molar-refractivity contribution in [1.82, 2.24) is 5.32 Å². The van der Waals surface area contributed by atoms with Gasteiger partial charge in [-0.3, -0.25) is 9.59 Å². The number of halogens is 1. The van der Waals surface area contributed by atoms with Gasteiger partial charge in [0.2, 0.25) is 5.91 Å². The molecule has 17 heavy (non-hydrogen) atoms. The SMILES string of the molecule is COC(=O)CNC(=O)CCc1ccc(F)cc1. The first-order chi connectivity index (χ1) is 8.11. The number of rotatable bonds is 5. The molecular weight excluding hydrogens is 225 g/mol. The Kier molecular flexibility index (Phi) is 5.13. The van der Waals surface area contributed by atoms with Gasteiger partial charge in [-0.25, -0.2) is 4.39 Å². The second-order valence-corrected chi connectivity index (χ2v) is 3.48. The van der Waals surface area contributed by atoms with Gasteiger partial charge in [0.15, 0.2) is 0 Å². The molecule has 0 aliphatic carbocycles. The van der Waals surface area contributed by atoms with E-state index in [0.717, 1.165) is 5.56 Å². The van der Waals surface area contributed by atoms with Crippen molar-refractivity contribution in [3.05, 3.63) is 35.6 Å². The molecule has 0 atom stereocenters. The third-order valence-electron chi connectivity index (χ3n) is 2.21. The van der Waals surface area contributed by atoms with Gasteiger partial charge in [-0.05, 0) is 24.1 Å². The van der Waals surface area contributed by atoms with Gasteiger partial charge >= 0.3 is 5.97 Å². The van der Waals surface area contributed by atoms with Crippen molar-refractivity contribution in [1.29, 1.82) is 0 Å². The predicted molar refractivity (Wildman–Crippen MR) is 59.7 cm³/mol. The minimum atomic E-state index is -0.486. The molecule has 0 fully saturated rings. The number of aryl methyl sites for hydroxylation is 1. The largest absolute Gasteiger partial charge is 0.468 e. The summed E-state index contributed by atoms with van der Waals surface area (Å²) in [5.74, 6) is -1.02. The lowest BCUT2D eigenvalue weighted by Crippen LogP contribution is -2.30. The monoisotopic (exact) mass is 239 g/mol. The first-order valence-electron chi connectivity index (χ1n) is 5.20. The molecule has 1 aromatic carbocycles. The number of carbonyl (C=O) groups excluding carboxylic acids is 2. The van der Waals surface area contributed by atoms with Crippen LogP contribution in [0, 0.1) is 5.82 Å². The molecule has 0 aliphatic rings. The number of amides is 1. The molecule has 92 valence electrons. The Balaban J connectivity index is 2.28. The van der Waals surface area contributed by atoms with E-state index in [2.05, 4.69) is 10.1 Å². The number of hydrogen-bond donors (Lipinski definition) is 1. The average molecular weight is 239 g/mol. The van der Waals surface area contributed by atoms with Gasteiger partial charge in [0.1, 0.15) is 12.4 Å². The van der Waals surface area contributed by atoms with Crippen LogP contribution in [0.1, 0.15) is 12.0 Å². The highest BCUT2D eigenvalue weighted by molar-refractivity contribution is 5.81. The highest BCUT2D eigenvalue weighted by Gasteiger charge is 2.05. The normalized spacial score (nSPS) is 9.76. The smallest absolute Gasteiger partial charge is 0.325 e. The number of benzene rings is 1. The van der Waals surface area contributed by atoms with E-state index in [9.17, 15) is 14.0 Å². The van der Waals surface area contributed by atoms with E-state index in [1.807, 2.05) is 0 Å². The zero-order chi connectivity index (χ0) is 12.7. The minimum absolute atomic E-state index is 0.126. The van der Waals surface area contributed by atoms with E-state index in [4.69, 9.17) is 0 Å². The molecule has 1 N–H and O–H groups in total. The maximum Gasteiger partial charge on any atom is 0.325 e. The maximum absolute atomic E-state index is 12.6. The van der Waals surface area contributed by atoms with Crippen molar-refractivity contribution in [2.24, 2.45) is 0 Å². The van der Waals surface area contributed by atoms with Gasteiger partial charge in [0, 0.05) is 6.42 Å². The van der Waals surface area contributed by atoms with E-state index < -0.39 is 5.97 Å². The van der Waals surface area contributed by atoms with Crippen LogP contribution in [0.15, 0.2) is 24.3 Å². The minimum Gasteiger partial charge on any atom is -0.468 e. The van der Waals surface area contributed by atoms with Crippen molar-refractivity contribution in [3.8, 4) is 0 Å². The highest BCUT2D eigenvalue weighted by atomic mass is 19.1. The summed E-state index contributed by atoms with van der Waals surface area (Å²) in [6.07, 6.45) is 0.760. The summed E-state index contributed by atoms with van der Waals surface area (Å²) in [4.78, 5) is 22.1. The molecule has 0 heterocycles. The average Bonchev–Trinajstić information content (AvgIpc) is 2.35. The van der Waals surface area contributed by atoms with Crippen LogP contribution in [0.3, 0.4) is 0 Å². The van der Waals surface area contributed by atoms with Crippen molar-refractivity contribution in [3.63, 3.8) is 0 Å². The first-order valence-corrected chi connectivity index (χ1v) is 5.20. The van der Waals surface area contributed by atoms with E-state index >= 15 is 0 Å². The van der Waals surface area contributed by atoms with Gasteiger partial charge < -0.3 is 10.1 Å². The van der Waals surface area contributed by atoms with Crippen LogP contribution in [0.5, 0.6) is 0 Å². The summed E-state index contributed by atoms with van der Waals surface area (Å²) in [7, 11) is 1.26. The molecular formula is C12H14FNO3. The lowest BCUT2D eigenvalue weighted by Gasteiger charge is -2.04.